The number of nitrogens with two attached hydrogens (primary N) is 1. The number of rotatable bonds is 4. The Morgan fingerprint density at radius 1 is 1.56 bits per heavy atom. The summed E-state index contributed by atoms with van der Waals surface area (Å²) in [6.07, 6.45) is 0. The van der Waals surface area contributed by atoms with Crippen LogP contribution in [0.1, 0.15) is 10.6 Å². The van der Waals surface area contributed by atoms with E-state index in [1.165, 1.54) is 11.3 Å². The lowest BCUT2D eigenvalue weighted by Gasteiger charge is -2.05. The number of thiophene rings is 1. The Morgan fingerprint density at radius 3 is 2.83 bits per heavy atom. The summed E-state index contributed by atoms with van der Waals surface area (Å²) in [5.74, 6) is 0.309. The quantitative estimate of drug-likeness (QED) is 0.879. The van der Waals surface area contributed by atoms with Crippen molar-refractivity contribution in [3.63, 3.8) is 0 Å². The van der Waals surface area contributed by atoms with E-state index >= 15 is 0 Å². The van der Waals surface area contributed by atoms with Gasteiger partial charge in [-0.05, 0) is 18.4 Å². The summed E-state index contributed by atoms with van der Waals surface area (Å²) in [5, 5.41) is 5.77. The molecule has 3 N–H and O–H groups in total. The van der Waals surface area contributed by atoms with Crippen molar-refractivity contribution in [2.24, 2.45) is 12.8 Å². The van der Waals surface area contributed by atoms with E-state index in [2.05, 4.69) is 9.82 Å². The smallest absolute Gasteiger partial charge is 0.264 e. The summed E-state index contributed by atoms with van der Waals surface area (Å²) in [6.45, 7) is 2.05. The summed E-state index contributed by atoms with van der Waals surface area (Å²) in [4.78, 5) is 0.855. The molecule has 2 aromatic rings. The van der Waals surface area contributed by atoms with Crippen LogP contribution in [0.25, 0.3) is 0 Å². The van der Waals surface area contributed by atoms with Crippen LogP contribution in [0, 0.1) is 6.92 Å². The predicted octanol–water partition coefficient (Wildman–Crippen LogP) is 1.05. The van der Waals surface area contributed by atoms with Crippen LogP contribution >= 0.6 is 11.3 Å². The van der Waals surface area contributed by atoms with E-state index in [0.29, 0.717) is 10.7 Å². The van der Waals surface area contributed by atoms with E-state index in [4.69, 9.17) is 5.73 Å². The Morgan fingerprint density at radius 2 is 2.28 bits per heavy atom. The molecular formula is C10H14N4O2S2. The maximum Gasteiger partial charge on any atom is 0.264 e. The molecule has 2 rings (SSSR count). The number of aromatic nitrogens is 2. The minimum absolute atomic E-state index is 0.204. The zero-order chi connectivity index (χ0) is 13.3. The van der Waals surface area contributed by atoms with Gasteiger partial charge in [0.25, 0.3) is 10.0 Å². The van der Waals surface area contributed by atoms with Crippen LogP contribution in [0.3, 0.4) is 0 Å². The first-order chi connectivity index (χ1) is 8.44. The van der Waals surface area contributed by atoms with Crippen LogP contribution in [0.2, 0.25) is 0 Å². The Labute approximate surface area is 109 Å². The minimum atomic E-state index is -3.61. The number of hydrogen-bond acceptors (Lipinski definition) is 5. The first kappa shape index (κ1) is 13.1. The molecule has 0 saturated heterocycles. The normalized spacial score (nSPS) is 11.7. The lowest BCUT2D eigenvalue weighted by Crippen LogP contribution is -2.15. The van der Waals surface area contributed by atoms with Gasteiger partial charge in [-0.15, -0.1) is 11.3 Å². The van der Waals surface area contributed by atoms with Crippen LogP contribution in [0.4, 0.5) is 5.82 Å². The highest BCUT2D eigenvalue weighted by Crippen LogP contribution is 2.23. The molecule has 0 atom stereocenters. The largest absolute Gasteiger partial charge is 0.326 e. The van der Waals surface area contributed by atoms with Gasteiger partial charge in [-0.2, -0.15) is 5.10 Å². The van der Waals surface area contributed by atoms with Crippen LogP contribution in [-0.4, -0.2) is 18.2 Å². The monoisotopic (exact) mass is 286 g/mol. The third kappa shape index (κ3) is 2.40. The molecule has 0 bridgehead atoms. The molecule has 98 valence electrons. The van der Waals surface area contributed by atoms with E-state index in [-0.39, 0.29) is 11.4 Å². The third-order valence-corrected chi connectivity index (χ3v) is 5.04. The predicted molar refractivity (Wildman–Crippen MR) is 71.0 cm³/mol. The fourth-order valence-corrected chi connectivity index (χ4v) is 3.84. The van der Waals surface area contributed by atoms with Crippen LogP contribution in [0.5, 0.6) is 0 Å². The van der Waals surface area contributed by atoms with E-state index in [0.717, 1.165) is 5.69 Å². The first-order valence-corrected chi connectivity index (χ1v) is 7.60. The third-order valence-electron chi connectivity index (χ3n) is 2.53. The van der Waals surface area contributed by atoms with Gasteiger partial charge in [0.2, 0.25) is 0 Å². The number of anilines is 1. The van der Waals surface area contributed by atoms with Gasteiger partial charge in [-0.25, -0.2) is 8.42 Å². The zero-order valence-corrected chi connectivity index (χ0v) is 11.7. The van der Waals surface area contributed by atoms with Crippen molar-refractivity contribution >= 4 is 27.2 Å². The number of nitrogens with zero attached hydrogens (tertiary/aromatic N) is 2. The Hall–Kier alpha value is -1.38. The van der Waals surface area contributed by atoms with Gasteiger partial charge in [-0.3, -0.25) is 9.40 Å². The highest BCUT2D eigenvalue weighted by Gasteiger charge is 2.20. The summed E-state index contributed by atoms with van der Waals surface area (Å²) in [7, 11) is -1.86. The second-order valence-corrected chi connectivity index (χ2v) is 6.46. The molecule has 2 aromatic heterocycles. The summed E-state index contributed by atoms with van der Waals surface area (Å²) < 4.78 is 28.4. The van der Waals surface area contributed by atoms with Crippen molar-refractivity contribution < 1.29 is 8.42 Å². The summed E-state index contributed by atoms with van der Waals surface area (Å²) in [5.41, 5.74) is 6.38. The van der Waals surface area contributed by atoms with Crippen molar-refractivity contribution in [2.75, 3.05) is 4.72 Å². The number of hydrogen-bond donors (Lipinski definition) is 2. The highest BCUT2D eigenvalue weighted by molar-refractivity contribution is 7.92. The molecule has 0 aliphatic rings. The molecule has 18 heavy (non-hydrogen) atoms. The zero-order valence-electron chi connectivity index (χ0n) is 10.0. The molecule has 0 saturated carbocycles. The topological polar surface area (TPSA) is 90.0 Å². The molecule has 6 nitrogen and oxygen atoms in total. The van der Waals surface area contributed by atoms with Gasteiger partial charge in [-0.1, -0.05) is 0 Å². The molecule has 0 spiro atoms. The average Bonchev–Trinajstić information content (AvgIpc) is 2.86. The van der Waals surface area contributed by atoms with Crippen molar-refractivity contribution in [2.45, 2.75) is 18.4 Å². The number of nitrogens with one attached hydrogen (secondary N) is 1. The van der Waals surface area contributed by atoms with Gasteiger partial charge in [0.15, 0.2) is 5.82 Å². The fraction of sp³-hybridized carbons (Fsp3) is 0.300. The molecule has 0 fully saturated rings. The van der Waals surface area contributed by atoms with Gasteiger partial charge in [0.05, 0.1) is 0 Å². The van der Waals surface area contributed by atoms with Crippen molar-refractivity contribution in [1.82, 2.24) is 9.78 Å². The number of aryl methyl sites for hydroxylation is 2. The van der Waals surface area contributed by atoms with Gasteiger partial charge in [0.1, 0.15) is 4.90 Å². The first-order valence-electron chi connectivity index (χ1n) is 5.24. The minimum Gasteiger partial charge on any atom is -0.326 e. The van der Waals surface area contributed by atoms with Crippen LogP contribution in [-0.2, 0) is 23.6 Å². The second-order valence-electron chi connectivity index (χ2n) is 3.81. The van der Waals surface area contributed by atoms with Crippen molar-refractivity contribution in [1.29, 1.82) is 0 Å². The Balaban J connectivity index is 2.33. The van der Waals surface area contributed by atoms with E-state index in [1.807, 2.05) is 6.92 Å². The Kier molecular flexibility index (Phi) is 3.42. The molecule has 0 amide bonds. The van der Waals surface area contributed by atoms with Gasteiger partial charge in [0, 0.05) is 30.2 Å². The van der Waals surface area contributed by atoms with E-state index in [1.54, 1.807) is 29.2 Å². The standard InChI is InChI=1S/C10H14N4O2S2/c1-7-5-10(12-14(7)2)13-18(15,16)9-3-4-17-8(9)6-11/h3-5H,6,11H2,1-2H3,(H,12,13). The summed E-state index contributed by atoms with van der Waals surface area (Å²) >= 11 is 1.33. The molecule has 0 unspecified atom stereocenters. The maximum absolute atomic E-state index is 12.2. The van der Waals surface area contributed by atoms with Crippen LogP contribution in [0.15, 0.2) is 22.4 Å². The summed E-state index contributed by atoms with van der Waals surface area (Å²) in [6, 6.07) is 3.22. The molecule has 0 aliphatic heterocycles. The molecule has 2 heterocycles. The Bertz CT molecular complexity index is 638. The molecule has 0 aromatic carbocycles. The molecule has 0 radical (unpaired) electrons. The lowest BCUT2D eigenvalue weighted by molar-refractivity contribution is 0.600. The molecule has 0 aliphatic carbocycles. The molecule has 8 heteroatoms. The van der Waals surface area contributed by atoms with Crippen LogP contribution < -0.4 is 10.5 Å². The lowest BCUT2D eigenvalue weighted by atomic mass is 10.5. The SMILES string of the molecule is Cc1cc(NS(=O)(=O)c2ccsc2CN)nn1C. The van der Waals surface area contributed by atoms with Gasteiger partial charge < -0.3 is 5.73 Å². The van der Waals surface area contributed by atoms with Crippen molar-refractivity contribution in [3.05, 3.63) is 28.1 Å². The molecular weight excluding hydrogens is 272 g/mol. The number of sulfonamides is 1. The van der Waals surface area contributed by atoms with Gasteiger partial charge >= 0.3 is 0 Å². The van der Waals surface area contributed by atoms with E-state index in [9.17, 15) is 8.42 Å². The average molecular weight is 286 g/mol. The fourth-order valence-electron chi connectivity index (χ4n) is 1.52. The van der Waals surface area contributed by atoms with Crippen molar-refractivity contribution in [3.8, 4) is 0 Å². The van der Waals surface area contributed by atoms with E-state index < -0.39 is 10.0 Å². The maximum atomic E-state index is 12.2. The second kappa shape index (κ2) is 4.71. The highest BCUT2D eigenvalue weighted by atomic mass is 32.2.